The second-order valence-electron chi connectivity index (χ2n) is 5.90. The van der Waals surface area contributed by atoms with Crippen LogP contribution in [0.5, 0.6) is 0 Å². The Morgan fingerprint density at radius 1 is 1.11 bits per heavy atom. The smallest absolute Gasteiger partial charge is 0.270 e. The van der Waals surface area contributed by atoms with Crippen molar-refractivity contribution in [3.05, 3.63) is 76.7 Å². The average Bonchev–Trinajstić information content (AvgIpc) is 2.69. The summed E-state index contributed by atoms with van der Waals surface area (Å²) in [4.78, 5) is 30.2. The number of sulfone groups is 1. The zero-order valence-corrected chi connectivity index (χ0v) is 16.5. The third-order valence-electron chi connectivity index (χ3n) is 3.76. The number of aryl methyl sites for hydroxylation is 1. The first-order valence-electron chi connectivity index (χ1n) is 8.25. The molecule has 1 heterocycles. The number of thioether (sulfide) groups is 1. The van der Waals surface area contributed by atoms with Crippen molar-refractivity contribution in [2.24, 2.45) is 0 Å². The van der Waals surface area contributed by atoms with Gasteiger partial charge in [0.05, 0.1) is 16.8 Å². The number of carbonyl (C=O) groups excluding carboxylic acids is 1. The van der Waals surface area contributed by atoms with Gasteiger partial charge in [-0.3, -0.25) is 9.59 Å². The quantitative estimate of drug-likeness (QED) is 0.473. The lowest BCUT2D eigenvalue weighted by atomic mass is 10.2. The number of aromatic nitrogens is 2. The summed E-state index contributed by atoms with van der Waals surface area (Å²) in [5.41, 5.74) is 0.974. The number of anilines is 1. The Kier molecular flexibility index (Phi) is 5.96. The molecule has 0 aliphatic carbocycles. The molecule has 3 rings (SSSR count). The van der Waals surface area contributed by atoms with Gasteiger partial charge in [-0.2, -0.15) is 0 Å². The van der Waals surface area contributed by atoms with E-state index in [9.17, 15) is 18.0 Å². The molecule has 1 amide bonds. The van der Waals surface area contributed by atoms with Gasteiger partial charge >= 0.3 is 0 Å². The number of benzene rings is 2. The molecule has 1 aromatic heterocycles. The van der Waals surface area contributed by atoms with Crippen molar-refractivity contribution in [2.75, 3.05) is 11.1 Å². The standard InChI is InChI=1S/C19H17N3O4S2/c1-13-7-9-14(10-8-13)21-17(23)12-27-19-20-11-16(18(24)22-19)28(25,26)15-5-3-2-4-6-15/h2-11H,12H2,1H3,(H,21,23)(H,20,22,24). The lowest BCUT2D eigenvalue weighted by Crippen LogP contribution is -2.20. The highest BCUT2D eigenvalue weighted by atomic mass is 32.2. The molecule has 0 fully saturated rings. The Morgan fingerprint density at radius 3 is 2.43 bits per heavy atom. The predicted molar refractivity (Wildman–Crippen MR) is 107 cm³/mol. The fraction of sp³-hybridized carbons (Fsp3) is 0.105. The molecule has 0 radical (unpaired) electrons. The Balaban J connectivity index is 1.68. The van der Waals surface area contributed by atoms with Crippen LogP contribution >= 0.6 is 11.8 Å². The normalized spacial score (nSPS) is 11.2. The van der Waals surface area contributed by atoms with Gasteiger partial charge in [0, 0.05) is 5.69 Å². The SMILES string of the molecule is Cc1ccc(NC(=O)CSc2ncc(S(=O)(=O)c3ccccc3)c(=O)[nH]2)cc1. The summed E-state index contributed by atoms with van der Waals surface area (Å²) < 4.78 is 25.1. The van der Waals surface area contributed by atoms with Gasteiger partial charge < -0.3 is 10.3 Å². The topological polar surface area (TPSA) is 109 Å². The molecule has 9 heteroatoms. The Bertz CT molecular complexity index is 1140. The van der Waals surface area contributed by atoms with Crippen LogP contribution in [0.2, 0.25) is 0 Å². The van der Waals surface area contributed by atoms with Crippen LogP contribution in [0.1, 0.15) is 5.56 Å². The van der Waals surface area contributed by atoms with Crippen LogP contribution in [-0.4, -0.2) is 30.0 Å². The molecular formula is C19H17N3O4S2. The van der Waals surface area contributed by atoms with Crippen LogP contribution in [0.15, 0.2) is 80.5 Å². The summed E-state index contributed by atoms with van der Waals surface area (Å²) in [5.74, 6) is -0.251. The first kappa shape index (κ1) is 19.8. The average molecular weight is 415 g/mol. The summed E-state index contributed by atoms with van der Waals surface area (Å²) in [6, 6.07) is 15.0. The zero-order valence-electron chi connectivity index (χ0n) is 14.9. The van der Waals surface area contributed by atoms with Crippen LogP contribution < -0.4 is 10.9 Å². The van der Waals surface area contributed by atoms with E-state index in [1.165, 1.54) is 12.1 Å². The largest absolute Gasteiger partial charge is 0.325 e. The number of rotatable bonds is 6. The summed E-state index contributed by atoms with van der Waals surface area (Å²) >= 11 is 1.01. The van der Waals surface area contributed by atoms with Crippen molar-refractivity contribution >= 4 is 33.2 Å². The van der Waals surface area contributed by atoms with E-state index in [0.29, 0.717) is 5.69 Å². The number of amides is 1. The maximum atomic E-state index is 12.5. The number of hydrogen-bond donors (Lipinski definition) is 2. The van der Waals surface area contributed by atoms with Gasteiger partial charge in [0.2, 0.25) is 15.7 Å². The van der Waals surface area contributed by atoms with Gasteiger partial charge in [-0.15, -0.1) is 0 Å². The summed E-state index contributed by atoms with van der Waals surface area (Å²) in [6.45, 7) is 1.95. The van der Waals surface area contributed by atoms with Gasteiger partial charge in [-0.25, -0.2) is 13.4 Å². The first-order chi connectivity index (χ1) is 13.4. The predicted octanol–water partition coefficient (Wildman–Crippen LogP) is 2.64. The third kappa shape index (κ3) is 4.68. The molecule has 7 nitrogen and oxygen atoms in total. The summed E-state index contributed by atoms with van der Waals surface area (Å²) in [6.07, 6.45) is 1.02. The minimum absolute atomic E-state index is 0.0141. The molecule has 2 N–H and O–H groups in total. The Morgan fingerprint density at radius 2 is 1.79 bits per heavy atom. The highest BCUT2D eigenvalue weighted by molar-refractivity contribution is 7.99. The molecule has 0 atom stereocenters. The van der Waals surface area contributed by atoms with E-state index >= 15 is 0 Å². The third-order valence-corrected chi connectivity index (χ3v) is 6.41. The molecule has 144 valence electrons. The molecule has 2 aromatic carbocycles. The fourth-order valence-corrected chi connectivity index (χ4v) is 4.21. The molecule has 28 heavy (non-hydrogen) atoms. The van der Waals surface area contributed by atoms with Crippen molar-refractivity contribution in [3.63, 3.8) is 0 Å². The minimum atomic E-state index is -3.96. The molecule has 0 spiro atoms. The van der Waals surface area contributed by atoms with Crippen molar-refractivity contribution in [3.8, 4) is 0 Å². The molecular weight excluding hydrogens is 398 g/mol. The van der Waals surface area contributed by atoms with Gasteiger partial charge in [-0.1, -0.05) is 47.7 Å². The highest BCUT2D eigenvalue weighted by Crippen LogP contribution is 2.18. The van der Waals surface area contributed by atoms with Crippen molar-refractivity contribution in [1.29, 1.82) is 0 Å². The maximum absolute atomic E-state index is 12.5. The minimum Gasteiger partial charge on any atom is -0.325 e. The molecule has 0 saturated carbocycles. The number of H-pyrrole nitrogens is 1. The van der Waals surface area contributed by atoms with Crippen LogP contribution in [-0.2, 0) is 14.6 Å². The highest BCUT2D eigenvalue weighted by Gasteiger charge is 2.22. The van der Waals surface area contributed by atoms with E-state index in [1.807, 2.05) is 19.1 Å². The van der Waals surface area contributed by atoms with Gasteiger partial charge in [0.1, 0.15) is 0 Å². The lowest BCUT2D eigenvalue weighted by Gasteiger charge is -2.06. The van der Waals surface area contributed by atoms with E-state index in [1.54, 1.807) is 30.3 Å². The van der Waals surface area contributed by atoms with E-state index < -0.39 is 20.3 Å². The van der Waals surface area contributed by atoms with Gasteiger partial charge in [0.15, 0.2) is 10.1 Å². The van der Waals surface area contributed by atoms with Crippen LogP contribution in [0.4, 0.5) is 5.69 Å². The molecule has 0 aliphatic heterocycles. The molecule has 3 aromatic rings. The number of nitrogens with one attached hydrogen (secondary N) is 2. The van der Waals surface area contributed by atoms with Crippen LogP contribution in [0.3, 0.4) is 0 Å². The lowest BCUT2D eigenvalue weighted by molar-refractivity contribution is -0.113. The van der Waals surface area contributed by atoms with Gasteiger partial charge in [0.25, 0.3) is 5.56 Å². The number of carbonyl (C=O) groups is 1. The number of hydrogen-bond acceptors (Lipinski definition) is 6. The molecule has 0 saturated heterocycles. The first-order valence-corrected chi connectivity index (χ1v) is 10.7. The van der Waals surface area contributed by atoms with E-state index in [4.69, 9.17) is 0 Å². The maximum Gasteiger partial charge on any atom is 0.270 e. The van der Waals surface area contributed by atoms with Crippen molar-refractivity contribution in [1.82, 2.24) is 9.97 Å². The Hall–Kier alpha value is -2.91. The van der Waals surface area contributed by atoms with E-state index in [2.05, 4.69) is 15.3 Å². The van der Waals surface area contributed by atoms with Crippen molar-refractivity contribution < 1.29 is 13.2 Å². The molecule has 0 unspecified atom stereocenters. The second kappa shape index (κ2) is 8.41. The number of aromatic amines is 1. The zero-order chi connectivity index (χ0) is 20.1. The molecule has 0 bridgehead atoms. The van der Waals surface area contributed by atoms with Gasteiger partial charge in [-0.05, 0) is 31.2 Å². The fourth-order valence-electron chi connectivity index (χ4n) is 2.33. The van der Waals surface area contributed by atoms with E-state index in [0.717, 1.165) is 23.5 Å². The monoisotopic (exact) mass is 415 g/mol. The van der Waals surface area contributed by atoms with Crippen LogP contribution in [0.25, 0.3) is 0 Å². The second-order valence-corrected chi connectivity index (χ2v) is 8.78. The van der Waals surface area contributed by atoms with Crippen LogP contribution in [0, 0.1) is 6.92 Å². The Labute approximate surface area is 166 Å². The number of nitrogens with zero attached hydrogens (tertiary/aromatic N) is 1. The van der Waals surface area contributed by atoms with E-state index in [-0.39, 0.29) is 21.7 Å². The summed E-state index contributed by atoms with van der Waals surface area (Å²) in [7, 11) is -3.96. The van der Waals surface area contributed by atoms with Crippen molar-refractivity contribution in [2.45, 2.75) is 21.9 Å². The molecule has 0 aliphatic rings. The summed E-state index contributed by atoms with van der Waals surface area (Å²) in [5, 5.41) is 2.90.